The average Bonchev–Trinajstić information content (AvgIpc) is 3.02. The van der Waals surface area contributed by atoms with Gasteiger partial charge in [-0.1, -0.05) is 34.8 Å². The highest BCUT2D eigenvalue weighted by Crippen LogP contribution is 2.33. The number of rotatable bonds is 6. The molecule has 1 saturated heterocycles. The molecule has 0 bridgehead atoms. The molecule has 1 N–H and O–H groups in total. The molecule has 1 aliphatic rings. The van der Waals surface area contributed by atoms with Crippen LogP contribution in [0, 0.1) is 0 Å². The Kier molecular flexibility index (Phi) is 7.42. The van der Waals surface area contributed by atoms with Crippen LogP contribution in [-0.2, 0) is 16.1 Å². The van der Waals surface area contributed by atoms with Crippen LogP contribution in [-0.4, -0.2) is 47.7 Å². The van der Waals surface area contributed by atoms with Gasteiger partial charge in [0.2, 0.25) is 0 Å². The normalized spacial score (nSPS) is 20.2. The molecule has 2 aromatic rings. The van der Waals surface area contributed by atoms with E-state index in [0.29, 0.717) is 20.9 Å². The van der Waals surface area contributed by atoms with Crippen molar-refractivity contribution in [1.29, 1.82) is 0 Å². The first-order chi connectivity index (χ1) is 13.3. The molecular weight excluding hydrogens is 445 g/mol. The Balaban J connectivity index is 1.51. The third-order valence-corrected chi connectivity index (χ3v) is 5.84. The number of thiazole rings is 1. The summed E-state index contributed by atoms with van der Waals surface area (Å²) in [7, 11) is 0. The van der Waals surface area contributed by atoms with Crippen molar-refractivity contribution in [3.05, 3.63) is 38.3 Å². The van der Waals surface area contributed by atoms with Crippen LogP contribution < -0.4 is 10.1 Å². The Morgan fingerprint density at radius 2 is 1.93 bits per heavy atom. The van der Waals surface area contributed by atoms with Gasteiger partial charge in [0, 0.05) is 31.1 Å². The first-order valence-corrected chi connectivity index (χ1v) is 10.7. The molecule has 0 radical (unpaired) electrons. The number of benzene rings is 1. The maximum absolute atomic E-state index is 12.1. The van der Waals surface area contributed by atoms with Gasteiger partial charge in [0.25, 0.3) is 5.91 Å². The number of nitrogens with one attached hydrogen (secondary N) is 1. The van der Waals surface area contributed by atoms with Crippen LogP contribution in [0.5, 0.6) is 5.75 Å². The van der Waals surface area contributed by atoms with Crippen molar-refractivity contribution in [1.82, 2.24) is 9.88 Å². The highest BCUT2D eigenvalue weighted by molar-refractivity contribution is 7.13. The molecular formula is C18H20Cl3N3O3S. The van der Waals surface area contributed by atoms with Crippen molar-refractivity contribution >= 4 is 57.2 Å². The first-order valence-electron chi connectivity index (χ1n) is 8.69. The summed E-state index contributed by atoms with van der Waals surface area (Å²) in [6, 6.07) is 2.95. The van der Waals surface area contributed by atoms with Gasteiger partial charge in [-0.3, -0.25) is 15.0 Å². The second-order valence-corrected chi connectivity index (χ2v) is 8.71. The number of hydrogen-bond acceptors (Lipinski definition) is 6. The van der Waals surface area contributed by atoms with Crippen molar-refractivity contribution in [2.45, 2.75) is 32.6 Å². The Hall–Kier alpha value is -1.09. The summed E-state index contributed by atoms with van der Waals surface area (Å²) in [5.74, 6) is -0.0433. The average molecular weight is 465 g/mol. The minimum absolute atomic E-state index is 0.201. The number of ether oxygens (including phenoxy) is 2. The molecule has 2 atom stereocenters. The lowest BCUT2D eigenvalue weighted by Crippen LogP contribution is -2.44. The lowest BCUT2D eigenvalue weighted by atomic mass is 10.2. The zero-order chi connectivity index (χ0) is 20.3. The molecule has 0 aliphatic carbocycles. The highest BCUT2D eigenvalue weighted by Gasteiger charge is 2.22. The Labute approximate surface area is 182 Å². The molecule has 0 spiro atoms. The molecule has 3 rings (SSSR count). The monoisotopic (exact) mass is 463 g/mol. The van der Waals surface area contributed by atoms with Crippen molar-refractivity contribution in [3.8, 4) is 5.75 Å². The molecule has 0 unspecified atom stereocenters. The van der Waals surface area contributed by atoms with Gasteiger partial charge in [0.1, 0.15) is 5.75 Å². The fraction of sp³-hybridized carbons (Fsp3) is 0.444. The van der Waals surface area contributed by atoms with Crippen LogP contribution in [0.15, 0.2) is 17.5 Å². The van der Waals surface area contributed by atoms with Crippen molar-refractivity contribution in [2.24, 2.45) is 0 Å². The van der Waals surface area contributed by atoms with Crippen molar-refractivity contribution in [3.63, 3.8) is 0 Å². The van der Waals surface area contributed by atoms with Gasteiger partial charge in [-0.2, -0.15) is 0 Å². The van der Waals surface area contributed by atoms with Crippen LogP contribution in [0.4, 0.5) is 5.13 Å². The van der Waals surface area contributed by atoms with Gasteiger partial charge in [-0.25, -0.2) is 4.98 Å². The smallest absolute Gasteiger partial charge is 0.264 e. The summed E-state index contributed by atoms with van der Waals surface area (Å²) < 4.78 is 11.2. The molecule has 1 fully saturated rings. The number of aromatic nitrogens is 1. The first kappa shape index (κ1) is 21.6. The van der Waals surface area contributed by atoms with E-state index in [1.165, 1.54) is 23.5 Å². The Bertz CT molecular complexity index is 839. The zero-order valence-corrected chi connectivity index (χ0v) is 18.5. The van der Waals surface area contributed by atoms with E-state index in [0.717, 1.165) is 25.3 Å². The molecule has 6 nitrogen and oxygen atoms in total. The highest BCUT2D eigenvalue weighted by atomic mass is 35.5. The maximum Gasteiger partial charge on any atom is 0.264 e. The number of halogens is 3. The van der Waals surface area contributed by atoms with E-state index >= 15 is 0 Å². The zero-order valence-electron chi connectivity index (χ0n) is 15.4. The quantitative estimate of drug-likeness (QED) is 0.626. The largest absolute Gasteiger partial charge is 0.482 e. The maximum atomic E-state index is 12.1. The lowest BCUT2D eigenvalue weighted by Gasteiger charge is -2.34. The second kappa shape index (κ2) is 9.61. The van der Waals surface area contributed by atoms with Gasteiger partial charge in [-0.05, 0) is 19.9 Å². The number of hydrogen-bond donors (Lipinski definition) is 1. The summed E-state index contributed by atoms with van der Waals surface area (Å²) in [6.07, 6.45) is 0.402. The fourth-order valence-corrected chi connectivity index (χ4v) is 4.30. The summed E-state index contributed by atoms with van der Waals surface area (Å²) in [4.78, 5) is 18.9. The molecule has 152 valence electrons. The molecule has 1 aromatic heterocycles. The lowest BCUT2D eigenvalue weighted by molar-refractivity contribution is -0.118. The van der Waals surface area contributed by atoms with Crippen LogP contribution in [0.25, 0.3) is 0 Å². The molecule has 1 amide bonds. The SMILES string of the molecule is C[C@@H]1CN(Cc2csc(NC(=O)COc3cc(Cl)c(Cl)cc3Cl)n2)C[C@@H](C)O1. The number of nitrogens with zero attached hydrogens (tertiary/aromatic N) is 2. The summed E-state index contributed by atoms with van der Waals surface area (Å²) >= 11 is 19.2. The predicted octanol–water partition coefficient (Wildman–Crippen LogP) is 4.73. The van der Waals surface area contributed by atoms with E-state index in [2.05, 4.69) is 29.0 Å². The third kappa shape index (κ3) is 5.95. The summed E-state index contributed by atoms with van der Waals surface area (Å²) in [5, 5.41) is 6.11. The van der Waals surface area contributed by atoms with Crippen LogP contribution >= 0.6 is 46.1 Å². The molecule has 10 heteroatoms. The van der Waals surface area contributed by atoms with Gasteiger partial charge in [0.15, 0.2) is 11.7 Å². The molecule has 28 heavy (non-hydrogen) atoms. The summed E-state index contributed by atoms with van der Waals surface area (Å²) in [5.41, 5.74) is 0.912. The number of carbonyl (C=O) groups is 1. The number of anilines is 1. The molecule has 0 saturated carbocycles. The van der Waals surface area contributed by atoms with Gasteiger partial charge >= 0.3 is 0 Å². The fourth-order valence-electron chi connectivity index (χ4n) is 2.99. The minimum Gasteiger partial charge on any atom is -0.482 e. The van der Waals surface area contributed by atoms with Crippen LogP contribution in [0.1, 0.15) is 19.5 Å². The summed E-state index contributed by atoms with van der Waals surface area (Å²) in [6.45, 7) is 6.36. The van der Waals surface area contributed by atoms with Crippen LogP contribution in [0.3, 0.4) is 0 Å². The topological polar surface area (TPSA) is 63.7 Å². The van der Waals surface area contributed by atoms with E-state index in [4.69, 9.17) is 44.3 Å². The van der Waals surface area contributed by atoms with E-state index in [1.54, 1.807) is 0 Å². The number of morpholine rings is 1. The molecule has 2 heterocycles. The Morgan fingerprint density at radius 1 is 1.25 bits per heavy atom. The predicted molar refractivity (Wildman–Crippen MR) is 113 cm³/mol. The van der Waals surface area contributed by atoms with Gasteiger partial charge < -0.3 is 9.47 Å². The molecule has 1 aliphatic heterocycles. The van der Waals surface area contributed by atoms with Crippen molar-refractivity contribution < 1.29 is 14.3 Å². The van der Waals surface area contributed by atoms with E-state index in [9.17, 15) is 4.79 Å². The molecule has 1 aromatic carbocycles. The Morgan fingerprint density at radius 3 is 2.64 bits per heavy atom. The van der Waals surface area contributed by atoms with E-state index < -0.39 is 0 Å². The second-order valence-electron chi connectivity index (χ2n) is 6.63. The van der Waals surface area contributed by atoms with Crippen LogP contribution in [0.2, 0.25) is 15.1 Å². The minimum atomic E-state index is -0.336. The third-order valence-electron chi connectivity index (χ3n) is 4.01. The van der Waals surface area contributed by atoms with E-state index in [1.807, 2.05) is 5.38 Å². The standard InChI is InChI=1S/C18H20Cl3N3O3S/c1-10-5-24(6-11(2)27-10)7-12-9-28-18(22-12)23-17(25)8-26-16-4-14(20)13(19)3-15(16)21/h3-4,9-11H,5-8H2,1-2H3,(H,22,23,25)/t10-,11-/m1/s1. The van der Waals surface area contributed by atoms with Gasteiger partial charge in [0.05, 0.1) is 33.0 Å². The van der Waals surface area contributed by atoms with Crippen molar-refractivity contribution in [2.75, 3.05) is 25.0 Å². The number of carbonyl (C=O) groups excluding carboxylic acids is 1. The van der Waals surface area contributed by atoms with E-state index in [-0.39, 0.29) is 29.7 Å². The number of amides is 1. The van der Waals surface area contributed by atoms with Gasteiger partial charge in [-0.15, -0.1) is 11.3 Å².